The first-order valence-electron chi connectivity index (χ1n) is 4.12. The highest BCUT2D eigenvalue weighted by Crippen LogP contribution is 2.14. The summed E-state index contributed by atoms with van der Waals surface area (Å²) in [6.07, 6.45) is 4.95. The Hall–Kier alpha value is -1.88. The lowest BCUT2D eigenvalue weighted by atomic mass is 10.3. The van der Waals surface area contributed by atoms with E-state index in [1.165, 1.54) is 0 Å². The van der Waals surface area contributed by atoms with Crippen LogP contribution in [-0.2, 0) is 0 Å². The highest BCUT2D eigenvalue weighted by atomic mass is 35.5. The summed E-state index contributed by atoms with van der Waals surface area (Å²) in [6.45, 7) is 0. The standard InChI is InChI=1S/C9H7ClN4O/c10-8-4-6(14-2-1-12-5-14)3-7(13-8)9(11)15/h1-5H,(H2,11,15). The molecule has 5 nitrogen and oxygen atoms in total. The van der Waals surface area contributed by atoms with E-state index >= 15 is 0 Å². The monoisotopic (exact) mass is 222 g/mol. The van der Waals surface area contributed by atoms with Crippen LogP contribution >= 0.6 is 11.6 Å². The fraction of sp³-hybridized carbons (Fsp3) is 0. The third-order valence-electron chi connectivity index (χ3n) is 1.83. The van der Waals surface area contributed by atoms with Crippen molar-refractivity contribution < 1.29 is 4.79 Å². The van der Waals surface area contributed by atoms with E-state index in [1.54, 1.807) is 35.4 Å². The van der Waals surface area contributed by atoms with E-state index in [9.17, 15) is 4.79 Å². The first-order valence-corrected chi connectivity index (χ1v) is 4.50. The Labute approximate surface area is 90.5 Å². The van der Waals surface area contributed by atoms with Crippen molar-refractivity contribution in [1.82, 2.24) is 14.5 Å². The van der Waals surface area contributed by atoms with Crippen LogP contribution in [0, 0.1) is 0 Å². The number of aromatic nitrogens is 3. The zero-order valence-electron chi connectivity index (χ0n) is 7.59. The Morgan fingerprint density at radius 3 is 2.87 bits per heavy atom. The van der Waals surface area contributed by atoms with Crippen molar-refractivity contribution in [2.45, 2.75) is 0 Å². The van der Waals surface area contributed by atoms with Gasteiger partial charge in [-0.1, -0.05) is 11.6 Å². The second kappa shape index (κ2) is 3.70. The van der Waals surface area contributed by atoms with Gasteiger partial charge >= 0.3 is 0 Å². The van der Waals surface area contributed by atoms with Gasteiger partial charge in [0.1, 0.15) is 10.8 Å². The number of hydrogen-bond acceptors (Lipinski definition) is 3. The molecule has 0 unspecified atom stereocenters. The average Bonchev–Trinajstić information content (AvgIpc) is 2.69. The van der Waals surface area contributed by atoms with Gasteiger partial charge in [0.25, 0.3) is 5.91 Å². The van der Waals surface area contributed by atoms with Crippen molar-refractivity contribution in [2.75, 3.05) is 0 Å². The minimum absolute atomic E-state index is 0.131. The number of rotatable bonds is 2. The molecule has 0 atom stereocenters. The maximum absolute atomic E-state index is 11.0. The second-order valence-electron chi connectivity index (χ2n) is 2.87. The first kappa shape index (κ1) is 9.67. The van der Waals surface area contributed by atoms with E-state index < -0.39 is 5.91 Å². The molecular formula is C9H7ClN4O. The van der Waals surface area contributed by atoms with Gasteiger partial charge in [-0.25, -0.2) is 9.97 Å². The Morgan fingerprint density at radius 1 is 1.47 bits per heavy atom. The van der Waals surface area contributed by atoms with Crippen molar-refractivity contribution in [3.05, 3.63) is 41.7 Å². The van der Waals surface area contributed by atoms with Crippen LogP contribution in [0.3, 0.4) is 0 Å². The number of carbonyl (C=O) groups excluding carboxylic acids is 1. The van der Waals surface area contributed by atoms with E-state index in [2.05, 4.69) is 9.97 Å². The molecule has 0 fully saturated rings. The normalized spacial score (nSPS) is 10.2. The molecule has 0 bridgehead atoms. The van der Waals surface area contributed by atoms with E-state index in [0.717, 1.165) is 0 Å². The first-order chi connectivity index (χ1) is 7.16. The van der Waals surface area contributed by atoms with Gasteiger partial charge in [-0.3, -0.25) is 4.79 Å². The number of nitrogens with two attached hydrogens (primary N) is 1. The predicted octanol–water partition coefficient (Wildman–Crippen LogP) is 1.02. The zero-order chi connectivity index (χ0) is 10.8. The molecule has 2 heterocycles. The van der Waals surface area contributed by atoms with Crippen LogP contribution in [0.25, 0.3) is 5.69 Å². The largest absolute Gasteiger partial charge is 0.364 e. The lowest BCUT2D eigenvalue weighted by molar-refractivity contribution is 0.0995. The summed E-state index contributed by atoms with van der Waals surface area (Å²) in [4.78, 5) is 18.6. The Balaban J connectivity index is 2.54. The molecule has 0 aliphatic heterocycles. The van der Waals surface area contributed by atoms with E-state index in [0.29, 0.717) is 5.69 Å². The van der Waals surface area contributed by atoms with Gasteiger partial charge in [0.15, 0.2) is 0 Å². The lowest BCUT2D eigenvalue weighted by Gasteiger charge is -2.03. The van der Waals surface area contributed by atoms with Gasteiger partial charge in [0.05, 0.1) is 12.0 Å². The number of halogens is 1. The molecule has 6 heteroatoms. The zero-order valence-corrected chi connectivity index (χ0v) is 8.35. The molecule has 0 saturated carbocycles. The second-order valence-corrected chi connectivity index (χ2v) is 3.25. The summed E-state index contributed by atoms with van der Waals surface area (Å²) in [5.74, 6) is -0.612. The number of hydrogen-bond donors (Lipinski definition) is 1. The van der Waals surface area contributed by atoms with E-state index in [-0.39, 0.29) is 10.8 Å². The summed E-state index contributed by atoms with van der Waals surface area (Å²) < 4.78 is 1.71. The van der Waals surface area contributed by atoms with Crippen molar-refractivity contribution in [3.63, 3.8) is 0 Å². The number of imidazole rings is 1. The fourth-order valence-corrected chi connectivity index (χ4v) is 1.37. The van der Waals surface area contributed by atoms with Gasteiger partial charge in [0.2, 0.25) is 0 Å². The number of pyridine rings is 1. The Morgan fingerprint density at radius 2 is 2.27 bits per heavy atom. The summed E-state index contributed by atoms with van der Waals surface area (Å²) in [5, 5.41) is 0.218. The quantitative estimate of drug-likeness (QED) is 0.771. The van der Waals surface area contributed by atoms with Crippen molar-refractivity contribution in [3.8, 4) is 5.69 Å². The fourth-order valence-electron chi connectivity index (χ4n) is 1.17. The SMILES string of the molecule is NC(=O)c1cc(-n2ccnc2)cc(Cl)n1. The predicted molar refractivity (Wildman–Crippen MR) is 54.9 cm³/mol. The molecule has 15 heavy (non-hydrogen) atoms. The molecule has 1 amide bonds. The third-order valence-corrected chi connectivity index (χ3v) is 2.03. The molecule has 2 N–H and O–H groups in total. The molecule has 0 spiro atoms. The van der Waals surface area contributed by atoms with Crippen LogP contribution < -0.4 is 5.73 Å². The summed E-state index contributed by atoms with van der Waals surface area (Å²) in [5.41, 5.74) is 5.95. The molecule has 0 aliphatic rings. The minimum atomic E-state index is -0.612. The maximum atomic E-state index is 11.0. The van der Waals surface area contributed by atoms with Crippen LogP contribution in [-0.4, -0.2) is 20.4 Å². The molecule has 0 saturated heterocycles. The number of carbonyl (C=O) groups is 1. The molecule has 0 aromatic carbocycles. The van der Waals surface area contributed by atoms with Gasteiger partial charge in [-0.2, -0.15) is 0 Å². The number of amides is 1. The molecular weight excluding hydrogens is 216 g/mol. The molecule has 2 aromatic heterocycles. The van der Waals surface area contributed by atoms with Crippen LogP contribution in [0.4, 0.5) is 0 Å². The molecule has 2 rings (SSSR count). The van der Waals surface area contributed by atoms with Crippen molar-refractivity contribution in [1.29, 1.82) is 0 Å². The van der Waals surface area contributed by atoms with E-state index in [1.807, 2.05) is 0 Å². The minimum Gasteiger partial charge on any atom is -0.364 e. The smallest absolute Gasteiger partial charge is 0.267 e. The maximum Gasteiger partial charge on any atom is 0.267 e. The lowest BCUT2D eigenvalue weighted by Crippen LogP contribution is -2.13. The summed E-state index contributed by atoms with van der Waals surface area (Å²) in [6, 6.07) is 3.17. The number of primary amides is 1. The Kier molecular flexibility index (Phi) is 2.39. The van der Waals surface area contributed by atoms with Gasteiger partial charge < -0.3 is 10.3 Å². The van der Waals surface area contributed by atoms with Crippen LogP contribution in [0.5, 0.6) is 0 Å². The van der Waals surface area contributed by atoms with Gasteiger partial charge in [0, 0.05) is 12.4 Å². The molecule has 0 aliphatic carbocycles. The van der Waals surface area contributed by atoms with Crippen molar-refractivity contribution >= 4 is 17.5 Å². The highest BCUT2D eigenvalue weighted by Gasteiger charge is 2.06. The van der Waals surface area contributed by atoms with Gasteiger partial charge in [-0.05, 0) is 12.1 Å². The van der Waals surface area contributed by atoms with Crippen LogP contribution in [0.2, 0.25) is 5.15 Å². The van der Waals surface area contributed by atoms with Gasteiger partial charge in [-0.15, -0.1) is 0 Å². The summed E-state index contributed by atoms with van der Waals surface area (Å²) >= 11 is 5.76. The van der Waals surface area contributed by atoms with Crippen LogP contribution in [0.15, 0.2) is 30.9 Å². The molecule has 0 radical (unpaired) electrons. The van der Waals surface area contributed by atoms with Crippen LogP contribution in [0.1, 0.15) is 10.5 Å². The Bertz CT molecular complexity index is 495. The highest BCUT2D eigenvalue weighted by molar-refractivity contribution is 6.29. The summed E-state index contributed by atoms with van der Waals surface area (Å²) in [7, 11) is 0. The number of nitrogens with zero attached hydrogens (tertiary/aromatic N) is 3. The average molecular weight is 223 g/mol. The third kappa shape index (κ3) is 1.97. The molecule has 2 aromatic rings. The topological polar surface area (TPSA) is 73.8 Å². The van der Waals surface area contributed by atoms with Crippen molar-refractivity contribution in [2.24, 2.45) is 5.73 Å². The molecule has 76 valence electrons. The van der Waals surface area contributed by atoms with E-state index in [4.69, 9.17) is 17.3 Å².